The molecule has 212 valence electrons. The van der Waals surface area contributed by atoms with Crippen molar-refractivity contribution >= 4 is 42.3 Å². The second-order valence-corrected chi connectivity index (χ2v) is 9.10. The maximum absolute atomic E-state index is 13.3. The second kappa shape index (κ2) is 16.0. The minimum atomic E-state index is -1.28. The van der Waals surface area contributed by atoms with Crippen molar-refractivity contribution in [2.24, 2.45) is 22.2 Å². The minimum absolute atomic E-state index is 0.0152. The highest BCUT2D eigenvalue weighted by Gasteiger charge is 2.30. The summed E-state index contributed by atoms with van der Waals surface area (Å²) in [4.78, 5) is 61.2. The van der Waals surface area contributed by atoms with Crippen LogP contribution in [-0.4, -0.2) is 81.2 Å². The van der Waals surface area contributed by atoms with Crippen molar-refractivity contribution in [1.82, 2.24) is 25.9 Å². The number of carboxylic acid groups (broad SMARTS) is 1. The summed E-state index contributed by atoms with van der Waals surface area (Å²) in [7, 11) is 0. The first-order valence-corrected chi connectivity index (χ1v) is 12.8. The van der Waals surface area contributed by atoms with Crippen LogP contribution in [0.5, 0.6) is 0 Å². The molecule has 0 saturated heterocycles. The summed E-state index contributed by atoms with van der Waals surface area (Å²) in [6.45, 7) is 0.207. The van der Waals surface area contributed by atoms with Crippen LogP contribution in [0.25, 0.3) is 0 Å². The van der Waals surface area contributed by atoms with E-state index in [0.717, 1.165) is 5.56 Å². The Balaban J connectivity index is 2.18. The minimum Gasteiger partial charge on any atom is -0.480 e. The molecule has 0 bridgehead atoms. The highest BCUT2D eigenvalue weighted by Crippen LogP contribution is 2.06. The third-order valence-corrected chi connectivity index (χ3v) is 5.99. The first kappa shape index (κ1) is 31.1. The molecule has 0 aliphatic heterocycles. The number of amides is 3. The van der Waals surface area contributed by atoms with E-state index in [1.807, 2.05) is 30.3 Å². The molecule has 2 rings (SSSR count). The summed E-state index contributed by atoms with van der Waals surface area (Å²) in [5, 5.41) is 16.9. The number of rotatable bonds is 16. The van der Waals surface area contributed by atoms with Crippen LogP contribution in [0.3, 0.4) is 0 Å². The molecule has 0 spiro atoms. The molecule has 1 aromatic heterocycles. The van der Waals surface area contributed by atoms with Crippen molar-refractivity contribution in [1.29, 1.82) is 0 Å². The summed E-state index contributed by atoms with van der Waals surface area (Å²) in [6.07, 6.45) is 3.58. The number of aromatic amines is 1. The van der Waals surface area contributed by atoms with Crippen molar-refractivity contribution in [3.8, 4) is 0 Å². The van der Waals surface area contributed by atoms with Crippen LogP contribution in [0.2, 0.25) is 0 Å². The number of aliphatic imine (C=N–C) groups is 1. The van der Waals surface area contributed by atoms with Crippen LogP contribution in [0.1, 0.15) is 24.1 Å². The monoisotopic (exact) mass is 561 g/mol. The van der Waals surface area contributed by atoms with Crippen molar-refractivity contribution in [2.45, 2.75) is 49.9 Å². The van der Waals surface area contributed by atoms with Gasteiger partial charge in [0.25, 0.3) is 0 Å². The largest absolute Gasteiger partial charge is 0.480 e. The van der Waals surface area contributed by atoms with E-state index in [4.69, 9.17) is 17.2 Å². The number of hydrogen-bond acceptors (Lipinski definition) is 8. The number of nitrogens with one attached hydrogen (secondary N) is 4. The number of aliphatic carboxylic acids is 1. The summed E-state index contributed by atoms with van der Waals surface area (Å²) < 4.78 is 0. The van der Waals surface area contributed by atoms with E-state index >= 15 is 0 Å². The first-order chi connectivity index (χ1) is 18.6. The third kappa shape index (κ3) is 11.0. The zero-order valence-electron chi connectivity index (χ0n) is 21.2. The Kier molecular flexibility index (Phi) is 12.8. The molecule has 15 heteroatoms. The number of hydrogen-bond donors (Lipinski definition) is 9. The lowest BCUT2D eigenvalue weighted by Crippen LogP contribution is -2.58. The van der Waals surface area contributed by atoms with Crippen molar-refractivity contribution < 1.29 is 24.3 Å². The average molecular weight is 562 g/mol. The first-order valence-electron chi connectivity index (χ1n) is 12.2. The number of thiol groups is 1. The van der Waals surface area contributed by atoms with E-state index in [0.29, 0.717) is 12.1 Å². The van der Waals surface area contributed by atoms with E-state index in [9.17, 15) is 24.3 Å². The van der Waals surface area contributed by atoms with Gasteiger partial charge in [-0.2, -0.15) is 12.6 Å². The average Bonchev–Trinajstić information content (AvgIpc) is 3.41. The molecule has 11 N–H and O–H groups in total. The summed E-state index contributed by atoms with van der Waals surface area (Å²) >= 11 is 3.96. The Morgan fingerprint density at radius 1 is 0.974 bits per heavy atom. The molecule has 1 heterocycles. The molecular formula is C24H35N9O5S. The second-order valence-electron chi connectivity index (χ2n) is 8.73. The van der Waals surface area contributed by atoms with Crippen LogP contribution in [0.15, 0.2) is 47.8 Å². The van der Waals surface area contributed by atoms with Gasteiger partial charge in [0, 0.05) is 30.6 Å². The van der Waals surface area contributed by atoms with E-state index in [-0.39, 0.29) is 37.5 Å². The number of nitrogens with two attached hydrogens (primary N) is 3. The Hall–Kier alpha value is -4.11. The van der Waals surface area contributed by atoms with Gasteiger partial charge in [0.15, 0.2) is 5.96 Å². The van der Waals surface area contributed by atoms with E-state index in [1.54, 1.807) is 0 Å². The van der Waals surface area contributed by atoms with Gasteiger partial charge in [0.2, 0.25) is 17.7 Å². The summed E-state index contributed by atoms with van der Waals surface area (Å²) in [6, 6.07) is 4.70. The molecule has 39 heavy (non-hydrogen) atoms. The third-order valence-electron chi connectivity index (χ3n) is 5.62. The van der Waals surface area contributed by atoms with Gasteiger partial charge >= 0.3 is 5.97 Å². The number of imidazole rings is 1. The van der Waals surface area contributed by atoms with Crippen LogP contribution < -0.4 is 33.2 Å². The molecule has 2 aromatic rings. The maximum Gasteiger partial charge on any atom is 0.327 e. The van der Waals surface area contributed by atoms with Crippen molar-refractivity contribution in [3.63, 3.8) is 0 Å². The van der Waals surface area contributed by atoms with Crippen LogP contribution in [0, 0.1) is 0 Å². The summed E-state index contributed by atoms with van der Waals surface area (Å²) in [5.41, 5.74) is 18.2. The van der Waals surface area contributed by atoms with Crippen molar-refractivity contribution in [3.05, 3.63) is 54.1 Å². The number of H-pyrrole nitrogens is 1. The van der Waals surface area contributed by atoms with Crippen molar-refractivity contribution in [2.75, 3.05) is 12.3 Å². The molecule has 1 aromatic carbocycles. The van der Waals surface area contributed by atoms with Gasteiger partial charge in [-0.15, -0.1) is 0 Å². The smallest absolute Gasteiger partial charge is 0.327 e. The zero-order valence-corrected chi connectivity index (χ0v) is 22.1. The highest BCUT2D eigenvalue weighted by molar-refractivity contribution is 7.80. The predicted octanol–water partition coefficient (Wildman–Crippen LogP) is -1.96. The van der Waals surface area contributed by atoms with Crippen LogP contribution >= 0.6 is 12.6 Å². The fourth-order valence-electron chi connectivity index (χ4n) is 3.57. The highest BCUT2D eigenvalue weighted by atomic mass is 32.1. The quantitative estimate of drug-likeness (QED) is 0.0477. The van der Waals surface area contributed by atoms with Crippen LogP contribution in [0.4, 0.5) is 0 Å². The van der Waals surface area contributed by atoms with Gasteiger partial charge in [-0.3, -0.25) is 19.4 Å². The number of nitrogens with zero attached hydrogens (tertiary/aromatic N) is 2. The van der Waals surface area contributed by atoms with Gasteiger partial charge in [-0.05, 0) is 24.8 Å². The lowest BCUT2D eigenvalue weighted by molar-refractivity contribution is -0.141. The molecule has 0 saturated carbocycles. The molecule has 0 aliphatic rings. The molecule has 3 amide bonds. The fourth-order valence-corrected chi connectivity index (χ4v) is 3.81. The molecule has 4 unspecified atom stereocenters. The lowest BCUT2D eigenvalue weighted by atomic mass is 10.0. The predicted molar refractivity (Wildman–Crippen MR) is 148 cm³/mol. The molecular weight excluding hydrogens is 526 g/mol. The molecule has 14 nitrogen and oxygen atoms in total. The number of guanidine groups is 1. The number of carbonyl (C=O) groups excluding carboxylic acids is 3. The zero-order chi connectivity index (χ0) is 28.8. The van der Waals surface area contributed by atoms with Gasteiger partial charge in [-0.1, -0.05) is 30.3 Å². The topological polar surface area (TPSA) is 244 Å². The molecule has 0 aliphatic carbocycles. The standard InChI is InChI=1S/C24H35N9O5S/c25-16(9-14-5-2-1-3-6-14)20(34)31-17(7-4-8-29-24(26)27)21(35)32-18(10-15-11-28-13-30-15)22(36)33-19(12-39)23(37)38/h1-3,5-6,11,13,16-19,39H,4,7-10,12,25H2,(H,28,30)(H,31,34)(H,32,35)(H,33,36)(H,37,38)(H4,26,27,29). The normalized spacial score (nSPS) is 13.8. The molecule has 4 atom stereocenters. The van der Waals surface area contributed by atoms with E-state index in [2.05, 4.69) is 43.5 Å². The Morgan fingerprint density at radius 2 is 1.62 bits per heavy atom. The number of carboxylic acids is 1. The number of aromatic nitrogens is 2. The molecule has 0 fully saturated rings. The van der Waals surface area contributed by atoms with Crippen LogP contribution in [-0.2, 0) is 32.0 Å². The van der Waals surface area contributed by atoms with Gasteiger partial charge in [-0.25, -0.2) is 9.78 Å². The van der Waals surface area contributed by atoms with E-state index < -0.39 is 47.9 Å². The number of carbonyl (C=O) groups is 4. The fraction of sp³-hybridized carbons (Fsp3) is 0.417. The number of benzene rings is 1. The Labute approximate surface area is 231 Å². The van der Waals surface area contributed by atoms with Gasteiger partial charge in [0.05, 0.1) is 12.4 Å². The maximum atomic E-state index is 13.3. The van der Waals surface area contributed by atoms with E-state index in [1.165, 1.54) is 12.5 Å². The molecule has 0 radical (unpaired) electrons. The Morgan fingerprint density at radius 3 is 2.21 bits per heavy atom. The SMILES string of the molecule is NC(N)=NCCCC(NC(=O)C(N)Cc1ccccc1)C(=O)NC(Cc1cnc[nH]1)C(=O)NC(CS)C(=O)O. The van der Waals surface area contributed by atoms with Gasteiger partial charge in [0.1, 0.15) is 18.1 Å². The lowest BCUT2D eigenvalue weighted by Gasteiger charge is -2.25. The van der Waals surface area contributed by atoms with Gasteiger partial charge < -0.3 is 43.2 Å². The summed E-state index contributed by atoms with van der Waals surface area (Å²) in [5.74, 6) is -3.52. The Bertz CT molecular complexity index is 1110.